The number of hydrogen-bond acceptors (Lipinski definition) is 3. The van der Waals surface area contributed by atoms with Crippen LogP contribution in [0.2, 0.25) is 5.02 Å². The molecular formula is C23H28ClNO3. The number of halogens is 1. The minimum Gasteiger partial charge on any atom is -0.494 e. The summed E-state index contributed by atoms with van der Waals surface area (Å²) in [5, 5.41) is 0.696. The molecule has 0 spiro atoms. The molecule has 5 heteroatoms. The molecule has 0 bridgehead atoms. The van der Waals surface area contributed by atoms with Crippen molar-refractivity contribution in [2.75, 3.05) is 26.8 Å². The molecule has 0 aromatic heterocycles. The van der Waals surface area contributed by atoms with Gasteiger partial charge in [-0.3, -0.25) is 4.79 Å². The lowest BCUT2D eigenvalue weighted by molar-refractivity contribution is -0.124. The third-order valence-electron chi connectivity index (χ3n) is 4.12. The van der Waals surface area contributed by atoms with Gasteiger partial charge in [-0.05, 0) is 67.3 Å². The summed E-state index contributed by atoms with van der Waals surface area (Å²) in [6.07, 6.45) is 6.17. The second-order valence-electron chi connectivity index (χ2n) is 6.52. The third-order valence-corrected chi connectivity index (χ3v) is 4.37. The van der Waals surface area contributed by atoms with E-state index in [4.69, 9.17) is 21.1 Å². The molecule has 0 aliphatic carbocycles. The van der Waals surface area contributed by atoms with E-state index in [-0.39, 0.29) is 5.91 Å². The summed E-state index contributed by atoms with van der Waals surface area (Å²) in [4.78, 5) is 13.9. The fourth-order valence-electron chi connectivity index (χ4n) is 2.47. The molecule has 4 nitrogen and oxygen atoms in total. The Kier molecular flexibility index (Phi) is 9.43. The SMILES string of the molecule is CCCOc1ccc(/C=C/C(=O)N(C)CCCCOc2ccc(Cl)cc2)cc1. The average Bonchev–Trinajstić information content (AvgIpc) is 2.72. The molecule has 0 aliphatic heterocycles. The van der Waals surface area contributed by atoms with Crippen molar-refractivity contribution in [2.24, 2.45) is 0 Å². The average molecular weight is 402 g/mol. The van der Waals surface area contributed by atoms with Crippen LogP contribution in [0.25, 0.3) is 6.08 Å². The van der Waals surface area contributed by atoms with Crippen molar-refractivity contribution in [2.45, 2.75) is 26.2 Å². The molecule has 2 aromatic carbocycles. The van der Waals surface area contributed by atoms with Crippen LogP contribution in [0.4, 0.5) is 0 Å². The topological polar surface area (TPSA) is 38.8 Å². The van der Waals surface area contributed by atoms with Gasteiger partial charge in [0.2, 0.25) is 5.91 Å². The van der Waals surface area contributed by atoms with Crippen LogP contribution in [0.5, 0.6) is 11.5 Å². The maximum Gasteiger partial charge on any atom is 0.246 e. The van der Waals surface area contributed by atoms with Gasteiger partial charge in [0, 0.05) is 24.7 Å². The van der Waals surface area contributed by atoms with Gasteiger partial charge in [0.1, 0.15) is 11.5 Å². The molecule has 0 saturated carbocycles. The first-order valence-corrected chi connectivity index (χ1v) is 10.0. The first kappa shape index (κ1) is 21.8. The van der Waals surface area contributed by atoms with Crippen LogP contribution >= 0.6 is 11.6 Å². The highest BCUT2D eigenvalue weighted by Crippen LogP contribution is 2.16. The number of carbonyl (C=O) groups is 1. The van der Waals surface area contributed by atoms with E-state index >= 15 is 0 Å². The van der Waals surface area contributed by atoms with Gasteiger partial charge in [-0.15, -0.1) is 0 Å². The maximum atomic E-state index is 12.2. The van der Waals surface area contributed by atoms with Gasteiger partial charge in [-0.2, -0.15) is 0 Å². The number of carbonyl (C=O) groups excluding carboxylic acids is 1. The molecule has 0 aliphatic rings. The van der Waals surface area contributed by atoms with Gasteiger partial charge in [-0.1, -0.05) is 30.7 Å². The zero-order valence-corrected chi connectivity index (χ0v) is 17.3. The summed E-state index contributed by atoms with van der Waals surface area (Å²) in [7, 11) is 1.81. The number of nitrogens with zero attached hydrogens (tertiary/aromatic N) is 1. The van der Waals surface area contributed by atoms with Crippen molar-refractivity contribution < 1.29 is 14.3 Å². The highest BCUT2D eigenvalue weighted by atomic mass is 35.5. The number of ether oxygens (including phenoxy) is 2. The fraction of sp³-hybridized carbons (Fsp3) is 0.348. The molecule has 0 heterocycles. The predicted octanol–water partition coefficient (Wildman–Crippen LogP) is 5.46. The van der Waals surface area contributed by atoms with Crippen molar-refractivity contribution in [3.05, 3.63) is 65.2 Å². The molecule has 0 radical (unpaired) electrons. The second kappa shape index (κ2) is 12.1. The van der Waals surface area contributed by atoms with Crippen LogP contribution < -0.4 is 9.47 Å². The lowest BCUT2D eigenvalue weighted by Gasteiger charge is -2.15. The highest BCUT2D eigenvalue weighted by Gasteiger charge is 2.04. The zero-order chi connectivity index (χ0) is 20.2. The Balaban J connectivity index is 1.66. The van der Waals surface area contributed by atoms with Crippen molar-refractivity contribution in [3.8, 4) is 11.5 Å². The van der Waals surface area contributed by atoms with Gasteiger partial charge >= 0.3 is 0 Å². The molecule has 0 unspecified atom stereocenters. The molecular weight excluding hydrogens is 374 g/mol. The molecule has 0 atom stereocenters. The standard InChI is InChI=1S/C23H28ClNO3/c1-3-17-27-21-11-6-19(7-12-21)8-15-23(26)25(2)16-4-5-18-28-22-13-9-20(24)10-14-22/h6-15H,3-5,16-18H2,1-2H3/b15-8+. The van der Waals surface area contributed by atoms with E-state index in [0.717, 1.165) is 36.3 Å². The molecule has 0 N–H and O–H groups in total. The number of benzene rings is 2. The van der Waals surface area contributed by atoms with Gasteiger partial charge in [-0.25, -0.2) is 0 Å². The largest absolute Gasteiger partial charge is 0.494 e. The normalized spacial score (nSPS) is 10.8. The fourth-order valence-corrected chi connectivity index (χ4v) is 2.60. The van der Waals surface area contributed by atoms with Crippen molar-refractivity contribution in [1.29, 1.82) is 0 Å². The minimum atomic E-state index is -0.00932. The summed E-state index contributed by atoms with van der Waals surface area (Å²) in [6, 6.07) is 15.1. The Labute approximate surface area is 172 Å². The molecule has 1 amide bonds. The van der Waals surface area contributed by atoms with E-state index in [2.05, 4.69) is 6.92 Å². The molecule has 0 saturated heterocycles. The smallest absolute Gasteiger partial charge is 0.246 e. The summed E-state index contributed by atoms with van der Waals surface area (Å²) in [6.45, 7) is 4.10. The van der Waals surface area contributed by atoms with Gasteiger partial charge in [0.25, 0.3) is 0 Å². The Morgan fingerprint density at radius 3 is 2.21 bits per heavy atom. The van der Waals surface area contributed by atoms with Gasteiger partial charge < -0.3 is 14.4 Å². The van der Waals surface area contributed by atoms with Crippen molar-refractivity contribution in [3.63, 3.8) is 0 Å². The Hall–Kier alpha value is -2.46. The van der Waals surface area contributed by atoms with E-state index in [0.29, 0.717) is 24.8 Å². The van der Waals surface area contributed by atoms with Gasteiger partial charge in [0.05, 0.1) is 13.2 Å². The Morgan fingerprint density at radius 1 is 0.964 bits per heavy atom. The first-order chi connectivity index (χ1) is 13.6. The second-order valence-corrected chi connectivity index (χ2v) is 6.96. The molecule has 0 fully saturated rings. The summed E-state index contributed by atoms with van der Waals surface area (Å²) in [5.74, 6) is 1.65. The first-order valence-electron chi connectivity index (χ1n) is 9.63. The number of unbranched alkanes of at least 4 members (excludes halogenated alkanes) is 1. The lowest BCUT2D eigenvalue weighted by Crippen LogP contribution is -2.26. The number of rotatable bonds is 11. The quantitative estimate of drug-likeness (QED) is 0.370. The van der Waals surface area contributed by atoms with Crippen LogP contribution in [-0.4, -0.2) is 37.6 Å². The van der Waals surface area contributed by atoms with Crippen LogP contribution in [0.15, 0.2) is 54.6 Å². The Morgan fingerprint density at radius 2 is 1.57 bits per heavy atom. The number of amides is 1. The van der Waals surface area contributed by atoms with E-state index in [1.807, 2.05) is 49.5 Å². The van der Waals surface area contributed by atoms with Crippen molar-refractivity contribution in [1.82, 2.24) is 4.90 Å². The maximum absolute atomic E-state index is 12.2. The van der Waals surface area contributed by atoms with Crippen LogP contribution in [0.3, 0.4) is 0 Å². The molecule has 2 rings (SSSR count). The zero-order valence-electron chi connectivity index (χ0n) is 16.6. The third kappa shape index (κ3) is 8.05. The number of likely N-dealkylation sites (N-methyl/N-ethyl adjacent to an activating group) is 1. The van der Waals surface area contributed by atoms with Crippen molar-refractivity contribution >= 4 is 23.6 Å². The van der Waals surface area contributed by atoms with E-state index in [9.17, 15) is 4.79 Å². The summed E-state index contributed by atoms with van der Waals surface area (Å²) in [5.41, 5.74) is 0.974. The monoisotopic (exact) mass is 401 g/mol. The lowest BCUT2D eigenvalue weighted by atomic mass is 10.2. The van der Waals surface area contributed by atoms with E-state index in [1.54, 1.807) is 23.1 Å². The van der Waals surface area contributed by atoms with Gasteiger partial charge in [0.15, 0.2) is 0 Å². The van der Waals surface area contributed by atoms with Crippen LogP contribution in [0, 0.1) is 0 Å². The highest BCUT2D eigenvalue weighted by molar-refractivity contribution is 6.30. The predicted molar refractivity (Wildman–Crippen MR) is 115 cm³/mol. The molecule has 150 valence electrons. The van der Waals surface area contributed by atoms with E-state index < -0.39 is 0 Å². The number of hydrogen-bond donors (Lipinski definition) is 0. The molecule has 2 aromatic rings. The van der Waals surface area contributed by atoms with Crippen LogP contribution in [-0.2, 0) is 4.79 Å². The summed E-state index contributed by atoms with van der Waals surface area (Å²) < 4.78 is 11.2. The molecule has 28 heavy (non-hydrogen) atoms. The minimum absolute atomic E-state index is 0.00932. The van der Waals surface area contributed by atoms with E-state index in [1.165, 1.54) is 0 Å². The van der Waals surface area contributed by atoms with Crippen LogP contribution in [0.1, 0.15) is 31.7 Å². The summed E-state index contributed by atoms with van der Waals surface area (Å²) >= 11 is 5.85. The Bertz CT molecular complexity index is 741.